The lowest BCUT2D eigenvalue weighted by atomic mass is 10.0. The van der Waals surface area contributed by atoms with Crippen LogP contribution in [-0.4, -0.2) is 37.4 Å². The maximum absolute atomic E-state index is 12.5. The standard InChI is InChI=1S/C16H16ClF3N2OS/c17-14-5-4-13(24-14)15(22-8-6-21-7-9-22)11-2-1-3-12(10-11)23-16(18,19)20/h1-5,10,15,21H,6-9H2/t15-/m0/s1. The molecule has 0 saturated carbocycles. The first-order valence-electron chi connectivity index (χ1n) is 7.48. The van der Waals surface area contributed by atoms with Crippen LogP contribution < -0.4 is 10.1 Å². The molecule has 2 aromatic rings. The summed E-state index contributed by atoms with van der Waals surface area (Å²) in [4.78, 5) is 3.25. The lowest BCUT2D eigenvalue weighted by Crippen LogP contribution is -2.45. The second kappa shape index (κ2) is 7.31. The molecular weight excluding hydrogens is 361 g/mol. The fourth-order valence-electron chi connectivity index (χ4n) is 2.85. The molecule has 2 heterocycles. The first-order chi connectivity index (χ1) is 11.4. The number of ether oxygens (including phenoxy) is 1. The van der Waals surface area contributed by atoms with Crippen molar-refractivity contribution in [2.24, 2.45) is 0 Å². The lowest BCUT2D eigenvalue weighted by Gasteiger charge is -2.34. The van der Waals surface area contributed by atoms with E-state index in [0.717, 1.165) is 36.6 Å². The number of piperazine rings is 1. The molecular formula is C16H16ClF3N2OS. The monoisotopic (exact) mass is 376 g/mol. The first kappa shape index (κ1) is 17.5. The molecule has 1 aromatic heterocycles. The Balaban J connectivity index is 1.94. The average Bonchev–Trinajstić information content (AvgIpc) is 2.93. The Labute approximate surface area is 147 Å². The van der Waals surface area contributed by atoms with Gasteiger partial charge in [0.25, 0.3) is 0 Å². The van der Waals surface area contributed by atoms with Crippen molar-refractivity contribution in [3.63, 3.8) is 0 Å². The Bertz CT molecular complexity index is 686. The van der Waals surface area contributed by atoms with Crippen molar-refractivity contribution in [3.05, 3.63) is 51.2 Å². The van der Waals surface area contributed by atoms with Crippen molar-refractivity contribution >= 4 is 22.9 Å². The van der Waals surface area contributed by atoms with Gasteiger partial charge in [0.05, 0.1) is 10.4 Å². The molecule has 0 unspecified atom stereocenters. The van der Waals surface area contributed by atoms with Crippen LogP contribution in [0.2, 0.25) is 4.34 Å². The zero-order valence-corrected chi connectivity index (χ0v) is 14.2. The minimum atomic E-state index is -4.70. The maximum atomic E-state index is 12.5. The van der Waals surface area contributed by atoms with Gasteiger partial charge in [0, 0.05) is 31.1 Å². The van der Waals surface area contributed by atoms with E-state index >= 15 is 0 Å². The SMILES string of the molecule is FC(F)(F)Oc1cccc([C@@H](c2ccc(Cl)s2)N2CCNCC2)c1. The van der Waals surface area contributed by atoms with Crippen LogP contribution in [0, 0.1) is 0 Å². The smallest absolute Gasteiger partial charge is 0.406 e. The molecule has 1 aliphatic heterocycles. The van der Waals surface area contributed by atoms with Crippen LogP contribution in [0.15, 0.2) is 36.4 Å². The van der Waals surface area contributed by atoms with Crippen molar-refractivity contribution in [2.75, 3.05) is 26.2 Å². The Kier molecular flexibility index (Phi) is 5.34. The number of hydrogen-bond donors (Lipinski definition) is 1. The van der Waals surface area contributed by atoms with Crippen molar-refractivity contribution in [1.82, 2.24) is 10.2 Å². The molecule has 0 radical (unpaired) electrons. The minimum Gasteiger partial charge on any atom is -0.406 e. The van der Waals surface area contributed by atoms with Gasteiger partial charge in [0.2, 0.25) is 0 Å². The summed E-state index contributed by atoms with van der Waals surface area (Å²) in [6.45, 7) is 3.30. The van der Waals surface area contributed by atoms with Crippen molar-refractivity contribution in [3.8, 4) is 5.75 Å². The van der Waals surface area contributed by atoms with E-state index in [1.165, 1.54) is 23.5 Å². The van der Waals surface area contributed by atoms with Gasteiger partial charge in [-0.1, -0.05) is 23.7 Å². The molecule has 1 saturated heterocycles. The molecule has 1 fully saturated rings. The second-order valence-corrected chi connectivity index (χ2v) is 7.20. The zero-order valence-electron chi connectivity index (χ0n) is 12.6. The third-order valence-electron chi connectivity index (χ3n) is 3.79. The zero-order chi connectivity index (χ0) is 17.2. The second-order valence-electron chi connectivity index (χ2n) is 5.45. The molecule has 130 valence electrons. The van der Waals surface area contributed by atoms with Gasteiger partial charge in [-0.2, -0.15) is 0 Å². The van der Waals surface area contributed by atoms with E-state index in [0.29, 0.717) is 4.34 Å². The molecule has 1 atom stereocenters. The molecule has 1 aromatic carbocycles. The van der Waals surface area contributed by atoms with Crippen molar-refractivity contribution < 1.29 is 17.9 Å². The summed E-state index contributed by atoms with van der Waals surface area (Å²) >= 11 is 7.51. The highest BCUT2D eigenvalue weighted by molar-refractivity contribution is 7.16. The highest BCUT2D eigenvalue weighted by atomic mass is 35.5. The minimum absolute atomic E-state index is 0.138. The van der Waals surface area contributed by atoms with E-state index in [2.05, 4.69) is 15.0 Å². The van der Waals surface area contributed by atoms with Gasteiger partial charge in [0.1, 0.15) is 5.75 Å². The van der Waals surface area contributed by atoms with Gasteiger partial charge >= 0.3 is 6.36 Å². The lowest BCUT2D eigenvalue weighted by molar-refractivity contribution is -0.274. The van der Waals surface area contributed by atoms with Crippen LogP contribution in [0.1, 0.15) is 16.5 Å². The molecule has 0 amide bonds. The van der Waals surface area contributed by atoms with Crippen LogP contribution in [0.3, 0.4) is 0 Å². The number of nitrogens with zero attached hydrogens (tertiary/aromatic N) is 1. The summed E-state index contributed by atoms with van der Waals surface area (Å²) in [5, 5.41) is 3.28. The number of benzene rings is 1. The maximum Gasteiger partial charge on any atom is 0.573 e. The summed E-state index contributed by atoms with van der Waals surface area (Å²) in [5.41, 5.74) is 0.761. The first-order valence-corrected chi connectivity index (χ1v) is 8.67. The Hall–Kier alpha value is -1.28. The molecule has 1 aliphatic rings. The van der Waals surface area contributed by atoms with Gasteiger partial charge < -0.3 is 10.1 Å². The molecule has 0 aliphatic carbocycles. The van der Waals surface area contributed by atoms with Gasteiger partial charge in [0.15, 0.2) is 0 Å². The molecule has 0 bridgehead atoms. The van der Waals surface area contributed by atoms with E-state index in [1.807, 2.05) is 18.2 Å². The molecule has 0 spiro atoms. The number of halogens is 4. The summed E-state index contributed by atoms with van der Waals surface area (Å²) < 4.78 is 42.2. The number of thiophene rings is 1. The summed E-state index contributed by atoms with van der Waals surface area (Å²) in [6.07, 6.45) is -4.70. The van der Waals surface area contributed by atoms with Crippen LogP contribution in [0.25, 0.3) is 0 Å². The van der Waals surface area contributed by atoms with E-state index in [1.54, 1.807) is 6.07 Å². The van der Waals surface area contributed by atoms with E-state index in [9.17, 15) is 13.2 Å². The van der Waals surface area contributed by atoms with Crippen molar-refractivity contribution in [1.29, 1.82) is 0 Å². The topological polar surface area (TPSA) is 24.5 Å². The number of hydrogen-bond acceptors (Lipinski definition) is 4. The summed E-state index contributed by atoms with van der Waals surface area (Å²) in [7, 11) is 0. The van der Waals surface area contributed by atoms with Crippen LogP contribution in [0.4, 0.5) is 13.2 Å². The quantitative estimate of drug-likeness (QED) is 0.861. The number of rotatable bonds is 4. The van der Waals surface area contributed by atoms with Gasteiger partial charge in [-0.3, -0.25) is 4.90 Å². The normalized spacial score (nSPS) is 17.7. The molecule has 8 heteroatoms. The molecule has 1 N–H and O–H groups in total. The van der Waals surface area contributed by atoms with Crippen LogP contribution in [-0.2, 0) is 0 Å². The van der Waals surface area contributed by atoms with Crippen molar-refractivity contribution in [2.45, 2.75) is 12.4 Å². The third-order valence-corrected chi connectivity index (χ3v) is 5.07. The van der Waals surface area contributed by atoms with E-state index in [4.69, 9.17) is 11.6 Å². The Morgan fingerprint density at radius 1 is 1.17 bits per heavy atom. The van der Waals surface area contributed by atoms with Gasteiger partial charge in [-0.05, 0) is 29.8 Å². The molecule has 3 rings (SSSR count). The third kappa shape index (κ3) is 4.42. The highest BCUT2D eigenvalue weighted by Crippen LogP contribution is 2.37. The largest absolute Gasteiger partial charge is 0.573 e. The van der Waals surface area contributed by atoms with E-state index in [-0.39, 0.29) is 11.8 Å². The molecule has 24 heavy (non-hydrogen) atoms. The number of nitrogens with one attached hydrogen (secondary N) is 1. The Morgan fingerprint density at radius 2 is 1.92 bits per heavy atom. The van der Waals surface area contributed by atoms with Crippen LogP contribution in [0.5, 0.6) is 5.75 Å². The predicted octanol–water partition coefficient (Wildman–Crippen LogP) is 4.29. The number of alkyl halides is 3. The van der Waals surface area contributed by atoms with Crippen LogP contribution >= 0.6 is 22.9 Å². The predicted molar refractivity (Wildman–Crippen MR) is 88.7 cm³/mol. The van der Waals surface area contributed by atoms with E-state index < -0.39 is 6.36 Å². The fraction of sp³-hybridized carbons (Fsp3) is 0.375. The average molecular weight is 377 g/mol. The molecule has 3 nitrogen and oxygen atoms in total. The van der Waals surface area contributed by atoms with Gasteiger partial charge in [-0.15, -0.1) is 24.5 Å². The summed E-state index contributed by atoms with van der Waals surface area (Å²) in [5.74, 6) is -0.206. The van der Waals surface area contributed by atoms with Gasteiger partial charge in [-0.25, -0.2) is 0 Å². The highest BCUT2D eigenvalue weighted by Gasteiger charge is 2.32. The summed E-state index contributed by atoms with van der Waals surface area (Å²) in [6, 6.07) is 9.77. The Morgan fingerprint density at radius 3 is 2.54 bits per heavy atom. The fourth-order valence-corrected chi connectivity index (χ4v) is 4.08.